The zero-order valence-corrected chi connectivity index (χ0v) is 12.9. The zero-order chi connectivity index (χ0) is 14.5. The number of hydrogen-bond donors (Lipinski definition) is 1. The van der Waals surface area contributed by atoms with Crippen molar-refractivity contribution in [3.8, 4) is 5.75 Å². The van der Waals surface area contributed by atoms with Crippen molar-refractivity contribution in [2.75, 3.05) is 23.9 Å². The van der Waals surface area contributed by atoms with Gasteiger partial charge >= 0.3 is 0 Å². The summed E-state index contributed by atoms with van der Waals surface area (Å²) in [5, 5.41) is 3.20. The molecule has 1 atom stereocenters. The Bertz CT molecular complexity index is 511. The number of nitrogens with one attached hydrogen (secondary N) is 1. The van der Waals surface area contributed by atoms with Crippen LogP contribution in [0.1, 0.15) is 25.8 Å². The normalized spacial score (nSPS) is 13.1. The SMILES string of the molecule is CCCOc1cc(C)ccc1NC(C)CS(C)(=O)=O. The molecular weight excluding hydrogens is 262 g/mol. The van der Waals surface area contributed by atoms with Crippen LogP contribution >= 0.6 is 0 Å². The van der Waals surface area contributed by atoms with Crippen LogP contribution in [-0.4, -0.2) is 33.1 Å². The average molecular weight is 285 g/mol. The molecule has 1 rings (SSSR count). The molecule has 4 nitrogen and oxygen atoms in total. The molecule has 0 aromatic heterocycles. The largest absolute Gasteiger partial charge is 0.491 e. The molecule has 1 N–H and O–H groups in total. The fourth-order valence-electron chi connectivity index (χ4n) is 1.84. The zero-order valence-electron chi connectivity index (χ0n) is 12.1. The standard InChI is InChI=1S/C14H23NO3S/c1-5-8-18-14-9-11(2)6-7-13(14)15-12(3)10-19(4,16)17/h6-7,9,12,15H,5,8,10H2,1-4H3. The van der Waals surface area contributed by atoms with Gasteiger partial charge in [-0.1, -0.05) is 13.0 Å². The van der Waals surface area contributed by atoms with Gasteiger partial charge in [0.25, 0.3) is 0 Å². The molecule has 0 heterocycles. The van der Waals surface area contributed by atoms with Crippen molar-refractivity contribution >= 4 is 15.5 Å². The fraction of sp³-hybridized carbons (Fsp3) is 0.571. The van der Waals surface area contributed by atoms with Crippen molar-refractivity contribution in [1.82, 2.24) is 0 Å². The third-order valence-corrected chi connectivity index (χ3v) is 3.66. The number of aryl methyl sites for hydroxylation is 1. The van der Waals surface area contributed by atoms with Gasteiger partial charge in [0, 0.05) is 12.3 Å². The number of hydrogen-bond acceptors (Lipinski definition) is 4. The predicted octanol–water partition coefficient (Wildman–Crippen LogP) is 2.63. The smallest absolute Gasteiger partial charge is 0.149 e. The van der Waals surface area contributed by atoms with Crippen LogP contribution in [0.25, 0.3) is 0 Å². The van der Waals surface area contributed by atoms with Crippen LogP contribution in [0.3, 0.4) is 0 Å². The summed E-state index contributed by atoms with van der Waals surface area (Å²) in [5.41, 5.74) is 1.96. The van der Waals surface area contributed by atoms with E-state index in [1.807, 2.05) is 32.0 Å². The van der Waals surface area contributed by atoms with Crippen LogP contribution in [-0.2, 0) is 9.84 Å². The summed E-state index contributed by atoms with van der Waals surface area (Å²) in [6.07, 6.45) is 2.18. The molecule has 0 saturated heterocycles. The first-order valence-electron chi connectivity index (χ1n) is 6.49. The van der Waals surface area contributed by atoms with Crippen LogP contribution in [0.4, 0.5) is 5.69 Å². The third kappa shape index (κ3) is 5.96. The highest BCUT2D eigenvalue weighted by Crippen LogP contribution is 2.26. The first-order valence-corrected chi connectivity index (χ1v) is 8.55. The van der Waals surface area contributed by atoms with E-state index in [0.717, 1.165) is 23.4 Å². The molecule has 0 aliphatic heterocycles. The van der Waals surface area contributed by atoms with Gasteiger partial charge in [0.05, 0.1) is 18.0 Å². The summed E-state index contributed by atoms with van der Waals surface area (Å²) in [6, 6.07) is 5.72. The second-order valence-electron chi connectivity index (χ2n) is 4.99. The van der Waals surface area contributed by atoms with Gasteiger partial charge in [0.2, 0.25) is 0 Å². The Morgan fingerprint density at radius 3 is 2.63 bits per heavy atom. The Hall–Kier alpha value is -1.23. The molecule has 0 aliphatic carbocycles. The van der Waals surface area contributed by atoms with E-state index < -0.39 is 9.84 Å². The Morgan fingerprint density at radius 2 is 2.05 bits per heavy atom. The molecule has 108 valence electrons. The topological polar surface area (TPSA) is 55.4 Å². The summed E-state index contributed by atoms with van der Waals surface area (Å²) in [7, 11) is -2.98. The highest BCUT2D eigenvalue weighted by Gasteiger charge is 2.12. The summed E-state index contributed by atoms with van der Waals surface area (Å²) in [5.74, 6) is 0.885. The summed E-state index contributed by atoms with van der Waals surface area (Å²) < 4.78 is 28.2. The lowest BCUT2D eigenvalue weighted by atomic mass is 10.2. The quantitative estimate of drug-likeness (QED) is 0.836. The third-order valence-electron chi connectivity index (χ3n) is 2.55. The number of anilines is 1. The minimum atomic E-state index is -2.98. The molecule has 0 saturated carbocycles. The van der Waals surface area contributed by atoms with E-state index >= 15 is 0 Å². The Labute approximate surface area is 116 Å². The van der Waals surface area contributed by atoms with Crippen LogP contribution in [0.5, 0.6) is 5.75 Å². The number of sulfone groups is 1. The maximum atomic E-state index is 11.3. The van der Waals surface area contributed by atoms with Crippen molar-refractivity contribution in [1.29, 1.82) is 0 Å². The summed E-state index contributed by atoms with van der Waals surface area (Å²) in [6.45, 7) is 6.56. The molecule has 0 radical (unpaired) electrons. The first kappa shape index (κ1) is 15.8. The van der Waals surface area contributed by atoms with Gasteiger partial charge in [-0.2, -0.15) is 0 Å². The van der Waals surface area contributed by atoms with E-state index in [-0.39, 0.29) is 11.8 Å². The first-order chi connectivity index (χ1) is 8.81. The molecular formula is C14H23NO3S. The minimum Gasteiger partial charge on any atom is -0.491 e. The van der Waals surface area contributed by atoms with E-state index in [4.69, 9.17) is 4.74 Å². The second-order valence-corrected chi connectivity index (χ2v) is 7.17. The molecule has 0 spiro atoms. The second kappa shape index (κ2) is 6.80. The van der Waals surface area contributed by atoms with Crippen molar-refractivity contribution < 1.29 is 13.2 Å². The lowest BCUT2D eigenvalue weighted by molar-refractivity contribution is 0.318. The average Bonchev–Trinajstić information content (AvgIpc) is 2.27. The molecule has 1 aromatic carbocycles. The van der Waals surface area contributed by atoms with E-state index in [2.05, 4.69) is 12.2 Å². The van der Waals surface area contributed by atoms with Crippen molar-refractivity contribution in [2.45, 2.75) is 33.2 Å². The van der Waals surface area contributed by atoms with Gasteiger partial charge in [-0.25, -0.2) is 8.42 Å². The number of ether oxygens (including phenoxy) is 1. The Morgan fingerprint density at radius 1 is 1.37 bits per heavy atom. The van der Waals surface area contributed by atoms with E-state index in [1.165, 1.54) is 6.26 Å². The fourth-order valence-corrected chi connectivity index (χ4v) is 2.83. The van der Waals surface area contributed by atoms with Gasteiger partial charge in [-0.05, 0) is 38.0 Å². The molecule has 0 bridgehead atoms. The summed E-state index contributed by atoms with van der Waals surface area (Å²) >= 11 is 0. The highest BCUT2D eigenvalue weighted by atomic mass is 32.2. The maximum Gasteiger partial charge on any atom is 0.149 e. The van der Waals surface area contributed by atoms with Gasteiger partial charge in [-0.15, -0.1) is 0 Å². The molecule has 0 amide bonds. The summed E-state index contributed by atoms with van der Waals surface area (Å²) in [4.78, 5) is 0. The van der Waals surface area contributed by atoms with Crippen LogP contribution in [0.2, 0.25) is 0 Å². The van der Waals surface area contributed by atoms with Crippen LogP contribution in [0.15, 0.2) is 18.2 Å². The van der Waals surface area contributed by atoms with Gasteiger partial charge in [0.1, 0.15) is 15.6 Å². The predicted molar refractivity (Wildman–Crippen MR) is 79.8 cm³/mol. The van der Waals surface area contributed by atoms with Gasteiger partial charge < -0.3 is 10.1 Å². The van der Waals surface area contributed by atoms with Crippen molar-refractivity contribution in [2.24, 2.45) is 0 Å². The number of benzene rings is 1. The Kier molecular flexibility index (Phi) is 5.66. The Balaban J connectivity index is 2.81. The van der Waals surface area contributed by atoms with Crippen LogP contribution in [0, 0.1) is 6.92 Å². The van der Waals surface area contributed by atoms with E-state index in [9.17, 15) is 8.42 Å². The molecule has 1 unspecified atom stereocenters. The van der Waals surface area contributed by atoms with E-state index in [1.54, 1.807) is 0 Å². The monoisotopic (exact) mass is 285 g/mol. The number of rotatable bonds is 7. The van der Waals surface area contributed by atoms with Crippen molar-refractivity contribution in [3.63, 3.8) is 0 Å². The van der Waals surface area contributed by atoms with Gasteiger partial charge in [0.15, 0.2) is 0 Å². The van der Waals surface area contributed by atoms with Crippen LogP contribution < -0.4 is 10.1 Å². The molecule has 19 heavy (non-hydrogen) atoms. The maximum absolute atomic E-state index is 11.3. The molecule has 0 fully saturated rings. The van der Waals surface area contributed by atoms with E-state index in [0.29, 0.717) is 6.61 Å². The molecule has 0 aliphatic rings. The minimum absolute atomic E-state index is 0.105. The lowest BCUT2D eigenvalue weighted by Crippen LogP contribution is -2.25. The molecule has 1 aromatic rings. The van der Waals surface area contributed by atoms with Gasteiger partial charge in [-0.3, -0.25) is 0 Å². The van der Waals surface area contributed by atoms with Crippen molar-refractivity contribution in [3.05, 3.63) is 23.8 Å². The lowest BCUT2D eigenvalue weighted by Gasteiger charge is -2.18. The molecule has 5 heteroatoms. The highest BCUT2D eigenvalue weighted by molar-refractivity contribution is 7.90.